The van der Waals surface area contributed by atoms with Crippen LogP contribution in [0, 0.1) is 0 Å². The summed E-state index contributed by atoms with van der Waals surface area (Å²) in [6.45, 7) is 0. The fourth-order valence-corrected chi connectivity index (χ4v) is 7.95. The summed E-state index contributed by atoms with van der Waals surface area (Å²) in [6, 6.07) is 40.3. The summed E-state index contributed by atoms with van der Waals surface area (Å²) in [7, 11) is 2.94. The number of rotatable bonds is 8. The molecule has 0 atom stereocenters. The number of benzene rings is 6. The first-order valence-corrected chi connectivity index (χ1v) is 19.0. The molecule has 0 radical (unpaired) electrons. The monoisotopic (exact) mass is 783 g/mol. The van der Waals surface area contributed by atoms with Gasteiger partial charge in [-0.15, -0.1) is 0 Å². The molecule has 3 N–H and O–H groups in total. The Morgan fingerprint density at radius 3 is 1.41 bits per heavy atom. The molecule has 0 aliphatic carbocycles. The molecule has 3 aliphatic rings. The van der Waals surface area contributed by atoms with Crippen molar-refractivity contribution in [3.8, 4) is 23.0 Å². The third-order valence-corrected chi connectivity index (χ3v) is 10.9. The Kier molecular flexibility index (Phi) is 9.23. The molecule has 0 fully saturated rings. The molecule has 11 nitrogen and oxygen atoms in total. The Balaban J connectivity index is 1.05. The average Bonchev–Trinajstić information content (AvgIpc) is 3.76. The minimum Gasteiger partial charge on any atom is -0.504 e. The predicted molar refractivity (Wildman–Crippen MR) is 226 cm³/mol. The molecule has 0 bridgehead atoms. The number of hydrogen-bond acceptors (Lipinski definition) is 10. The Morgan fingerprint density at radius 1 is 0.569 bits per heavy atom. The van der Waals surface area contributed by atoms with Crippen molar-refractivity contribution in [3.05, 3.63) is 167 Å². The van der Waals surface area contributed by atoms with Gasteiger partial charge < -0.3 is 25.0 Å². The number of nitrogens with one attached hydrogen (secondary N) is 1. The highest BCUT2D eigenvalue weighted by Crippen LogP contribution is 2.48. The summed E-state index contributed by atoms with van der Waals surface area (Å²) >= 11 is 1.52. The molecular formula is C46H33N5O6S. The second-order valence-electron chi connectivity index (χ2n) is 13.4. The minimum atomic E-state index is -0.308. The standard InChI is InChI=1S/C46H33N5O6S/c1-56-39-23-27(13-19-37(39)52)21-35-45(54)50(43(48-35)29-9-5-3-6-10-29)31-15-17-33-41(25-31)58-42-26-32(16-18-34(42)47-33)51-44(30-11-7-4-8-12-30)49-36(46(51)55)22-28-14-20-38(53)40(24-28)57-2/h3-26,47,52-53H,1-2H3. The zero-order valence-corrected chi connectivity index (χ0v) is 31.9. The zero-order valence-electron chi connectivity index (χ0n) is 31.1. The summed E-state index contributed by atoms with van der Waals surface area (Å²) in [5, 5.41) is 23.8. The van der Waals surface area contributed by atoms with E-state index in [-0.39, 0.29) is 46.2 Å². The topological polar surface area (TPSA) is 136 Å². The van der Waals surface area contributed by atoms with E-state index in [1.807, 2.05) is 97.1 Å². The number of amides is 2. The molecule has 0 unspecified atom stereocenters. The number of aromatic hydroxyl groups is 2. The molecule has 0 spiro atoms. The van der Waals surface area contributed by atoms with Crippen molar-refractivity contribution in [2.45, 2.75) is 9.79 Å². The summed E-state index contributed by atoms with van der Waals surface area (Å²) in [5.41, 5.74) is 6.27. The van der Waals surface area contributed by atoms with Gasteiger partial charge in [-0.25, -0.2) is 9.98 Å². The lowest BCUT2D eigenvalue weighted by atomic mass is 10.1. The lowest BCUT2D eigenvalue weighted by Gasteiger charge is -2.26. The lowest BCUT2D eigenvalue weighted by molar-refractivity contribution is -0.114. The smallest absolute Gasteiger partial charge is 0.282 e. The Morgan fingerprint density at radius 2 is 1.00 bits per heavy atom. The number of hydrogen-bond donors (Lipinski definition) is 3. The largest absolute Gasteiger partial charge is 0.504 e. The molecule has 12 heteroatoms. The molecule has 6 aromatic carbocycles. The van der Waals surface area contributed by atoms with Gasteiger partial charge in [-0.3, -0.25) is 19.4 Å². The van der Waals surface area contributed by atoms with E-state index in [0.29, 0.717) is 34.2 Å². The van der Waals surface area contributed by atoms with Crippen LogP contribution in [0.5, 0.6) is 23.0 Å². The number of carbonyl (C=O) groups is 2. The number of fused-ring (bicyclic) bond motifs is 2. The number of carbonyl (C=O) groups excluding carboxylic acids is 2. The van der Waals surface area contributed by atoms with Crippen LogP contribution in [-0.2, 0) is 9.59 Å². The SMILES string of the molecule is COc1cc(C=C2N=C(c3ccccc3)N(c3ccc4c(c3)Sc3cc(N5C(=O)C(=Cc6ccc(O)c(OC)c6)N=C5c5ccccc5)ccc3N4)C2=O)ccc1O. The molecular weight excluding hydrogens is 751 g/mol. The number of nitrogens with zero attached hydrogens (tertiary/aromatic N) is 4. The first kappa shape index (κ1) is 36.1. The minimum absolute atomic E-state index is 0.00302. The van der Waals surface area contributed by atoms with Crippen molar-refractivity contribution in [1.82, 2.24) is 0 Å². The van der Waals surface area contributed by atoms with Crippen LogP contribution in [0.25, 0.3) is 12.2 Å². The summed E-state index contributed by atoms with van der Waals surface area (Å²) in [6.07, 6.45) is 3.35. The fourth-order valence-electron chi connectivity index (χ4n) is 6.90. The highest BCUT2D eigenvalue weighted by molar-refractivity contribution is 7.99. The molecule has 0 aromatic heterocycles. The summed E-state index contributed by atoms with van der Waals surface area (Å²) in [4.78, 5) is 43.0. The van der Waals surface area contributed by atoms with Gasteiger partial charge >= 0.3 is 0 Å². The molecule has 9 rings (SSSR count). The number of anilines is 4. The van der Waals surface area contributed by atoms with Crippen LogP contribution in [-0.4, -0.2) is 47.9 Å². The Labute approximate surface area is 337 Å². The van der Waals surface area contributed by atoms with E-state index in [1.54, 1.807) is 46.2 Å². The first-order valence-electron chi connectivity index (χ1n) is 18.2. The maximum atomic E-state index is 14.2. The Bertz CT molecular complexity index is 2590. The highest BCUT2D eigenvalue weighted by Gasteiger charge is 2.35. The van der Waals surface area contributed by atoms with E-state index in [4.69, 9.17) is 19.5 Å². The molecule has 3 heterocycles. The molecule has 284 valence electrons. The summed E-state index contributed by atoms with van der Waals surface area (Å²) < 4.78 is 10.6. The molecule has 0 saturated carbocycles. The van der Waals surface area contributed by atoms with E-state index >= 15 is 0 Å². The average molecular weight is 784 g/mol. The van der Waals surface area contributed by atoms with Crippen LogP contribution < -0.4 is 24.6 Å². The molecule has 0 saturated heterocycles. The van der Waals surface area contributed by atoms with Gasteiger partial charge in [0.2, 0.25) is 0 Å². The zero-order chi connectivity index (χ0) is 39.9. The number of amidine groups is 2. The maximum absolute atomic E-state index is 14.2. The van der Waals surface area contributed by atoms with E-state index in [9.17, 15) is 19.8 Å². The molecule has 3 aliphatic heterocycles. The van der Waals surface area contributed by atoms with Crippen molar-refractivity contribution in [2.24, 2.45) is 9.98 Å². The van der Waals surface area contributed by atoms with Crippen LogP contribution in [0.1, 0.15) is 22.3 Å². The Hall–Kier alpha value is -7.57. The van der Waals surface area contributed by atoms with Crippen LogP contribution in [0.15, 0.2) is 165 Å². The summed E-state index contributed by atoms with van der Waals surface area (Å²) in [5.74, 6) is 0.915. The van der Waals surface area contributed by atoms with Crippen LogP contribution in [0.4, 0.5) is 22.7 Å². The van der Waals surface area contributed by atoms with Gasteiger partial charge in [0.1, 0.15) is 23.1 Å². The number of aliphatic imine (C=N–C) groups is 2. The normalized spacial score (nSPS) is 15.9. The molecule has 6 aromatic rings. The van der Waals surface area contributed by atoms with Gasteiger partial charge in [0, 0.05) is 20.9 Å². The third-order valence-electron chi connectivity index (χ3n) is 9.74. The van der Waals surface area contributed by atoms with Crippen molar-refractivity contribution in [2.75, 3.05) is 29.3 Å². The predicted octanol–water partition coefficient (Wildman–Crippen LogP) is 8.99. The number of phenols is 2. The van der Waals surface area contributed by atoms with Crippen LogP contribution in [0.2, 0.25) is 0 Å². The van der Waals surface area contributed by atoms with Crippen LogP contribution in [0.3, 0.4) is 0 Å². The fraction of sp³-hybridized carbons (Fsp3) is 0.0435. The van der Waals surface area contributed by atoms with Crippen molar-refractivity contribution in [1.29, 1.82) is 0 Å². The molecule has 58 heavy (non-hydrogen) atoms. The van der Waals surface area contributed by atoms with Gasteiger partial charge in [-0.05, 0) is 83.9 Å². The lowest BCUT2D eigenvalue weighted by Crippen LogP contribution is -2.32. The van der Waals surface area contributed by atoms with Crippen molar-refractivity contribution < 1.29 is 29.3 Å². The van der Waals surface area contributed by atoms with E-state index in [2.05, 4.69) is 5.32 Å². The van der Waals surface area contributed by atoms with Gasteiger partial charge in [0.05, 0.1) is 37.0 Å². The molecule has 2 amide bonds. The second kappa shape index (κ2) is 14.8. The van der Waals surface area contributed by atoms with E-state index < -0.39 is 0 Å². The number of phenolic OH excluding ortho intramolecular Hbond substituents is 2. The van der Waals surface area contributed by atoms with Gasteiger partial charge in [0.15, 0.2) is 23.0 Å². The third kappa shape index (κ3) is 6.61. The highest BCUT2D eigenvalue weighted by atomic mass is 32.2. The maximum Gasteiger partial charge on any atom is 0.282 e. The number of ether oxygens (including phenoxy) is 2. The van der Waals surface area contributed by atoms with E-state index in [0.717, 1.165) is 32.3 Å². The second-order valence-corrected chi connectivity index (χ2v) is 14.5. The number of methoxy groups -OCH3 is 2. The van der Waals surface area contributed by atoms with Crippen molar-refractivity contribution >= 4 is 70.1 Å². The van der Waals surface area contributed by atoms with Crippen molar-refractivity contribution in [3.63, 3.8) is 0 Å². The quantitative estimate of drug-likeness (QED) is 0.130. The van der Waals surface area contributed by atoms with Gasteiger partial charge in [0.25, 0.3) is 11.8 Å². The van der Waals surface area contributed by atoms with Crippen LogP contribution >= 0.6 is 11.8 Å². The van der Waals surface area contributed by atoms with E-state index in [1.165, 1.54) is 38.1 Å². The first-order chi connectivity index (χ1) is 28.3. The van der Waals surface area contributed by atoms with Gasteiger partial charge in [-0.2, -0.15) is 0 Å². The van der Waals surface area contributed by atoms with Gasteiger partial charge in [-0.1, -0.05) is 84.6 Å².